The van der Waals surface area contributed by atoms with E-state index in [4.69, 9.17) is 16.3 Å². The number of aromatic nitrogens is 1. The predicted octanol–water partition coefficient (Wildman–Crippen LogP) is 4.95. The van der Waals surface area contributed by atoms with Gasteiger partial charge in [0.2, 0.25) is 0 Å². The lowest BCUT2D eigenvalue weighted by molar-refractivity contribution is -0.136. The Bertz CT molecular complexity index is 1150. The quantitative estimate of drug-likeness (QED) is 0.600. The summed E-state index contributed by atoms with van der Waals surface area (Å²) in [5.74, 6) is -1.13. The molecule has 154 valence electrons. The third-order valence-electron chi connectivity index (χ3n) is 5.03. The molecule has 2 heterocycles. The molecule has 3 aromatic rings. The van der Waals surface area contributed by atoms with Crippen molar-refractivity contribution >= 4 is 40.0 Å². The SMILES string of the molecule is CCCOC(=O)C1=CN(C(=O)c2ccc(Cl)cc2)CCc2c1[nH]c1cc(F)ccc21. The molecule has 5 nitrogen and oxygen atoms in total. The molecule has 1 N–H and O–H groups in total. The summed E-state index contributed by atoms with van der Waals surface area (Å²) >= 11 is 5.93. The predicted molar refractivity (Wildman–Crippen MR) is 114 cm³/mol. The van der Waals surface area contributed by atoms with E-state index in [1.54, 1.807) is 30.3 Å². The highest BCUT2D eigenvalue weighted by Gasteiger charge is 2.27. The lowest BCUT2D eigenvalue weighted by Gasteiger charge is -2.18. The van der Waals surface area contributed by atoms with Crippen LogP contribution in [0.5, 0.6) is 0 Å². The number of fused-ring (bicyclic) bond motifs is 3. The highest BCUT2D eigenvalue weighted by Crippen LogP contribution is 2.32. The monoisotopic (exact) mass is 426 g/mol. The van der Waals surface area contributed by atoms with Crippen LogP contribution >= 0.6 is 11.6 Å². The van der Waals surface area contributed by atoms with Crippen LogP contribution in [0.4, 0.5) is 4.39 Å². The minimum absolute atomic E-state index is 0.243. The number of hydrogen-bond donors (Lipinski definition) is 1. The van der Waals surface area contributed by atoms with Crippen LogP contribution in [-0.4, -0.2) is 34.9 Å². The number of aromatic amines is 1. The van der Waals surface area contributed by atoms with Gasteiger partial charge in [-0.15, -0.1) is 0 Å². The van der Waals surface area contributed by atoms with Gasteiger partial charge in [0.1, 0.15) is 5.82 Å². The van der Waals surface area contributed by atoms with E-state index < -0.39 is 5.97 Å². The summed E-state index contributed by atoms with van der Waals surface area (Å²) in [6, 6.07) is 11.1. The molecular weight excluding hydrogens is 407 g/mol. The Morgan fingerprint density at radius 2 is 1.97 bits per heavy atom. The summed E-state index contributed by atoms with van der Waals surface area (Å²) in [5.41, 5.74) is 2.73. The maximum atomic E-state index is 13.7. The number of H-pyrrole nitrogens is 1. The van der Waals surface area contributed by atoms with Crippen LogP contribution in [-0.2, 0) is 16.0 Å². The molecule has 1 aromatic heterocycles. The van der Waals surface area contributed by atoms with Crippen molar-refractivity contribution in [2.45, 2.75) is 19.8 Å². The van der Waals surface area contributed by atoms with E-state index in [2.05, 4.69) is 4.98 Å². The van der Waals surface area contributed by atoms with Crippen LogP contribution in [0.15, 0.2) is 48.7 Å². The van der Waals surface area contributed by atoms with Gasteiger partial charge in [-0.2, -0.15) is 0 Å². The van der Waals surface area contributed by atoms with Gasteiger partial charge in [0, 0.05) is 34.2 Å². The molecule has 0 radical (unpaired) electrons. The molecule has 0 bridgehead atoms. The smallest absolute Gasteiger partial charge is 0.341 e. The standard InChI is InChI=1S/C23H20ClFN2O3/c1-2-11-30-23(29)19-13-27(22(28)14-3-5-15(24)6-4-14)10-9-18-17-8-7-16(25)12-20(17)26-21(18)19/h3-8,12-13,26H,2,9-11H2,1H3. The largest absolute Gasteiger partial charge is 0.462 e. The molecule has 1 amide bonds. The molecule has 0 aliphatic carbocycles. The highest BCUT2D eigenvalue weighted by molar-refractivity contribution is 6.30. The average molecular weight is 427 g/mol. The van der Waals surface area contributed by atoms with E-state index in [-0.39, 0.29) is 23.9 Å². The second-order valence-electron chi connectivity index (χ2n) is 7.10. The molecular formula is C23H20ClFN2O3. The number of carbonyl (C=O) groups excluding carboxylic acids is 2. The number of benzene rings is 2. The summed E-state index contributed by atoms with van der Waals surface area (Å²) in [6.07, 6.45) is 2.70. The molecule has 1 aliphatic rings. The Hall–Kier alpha value is -3.12. The normalized spacial score (nSPS) is 13.6. The summed E-state index contributed by atoms with van der Waals surface area (Å²) in [6.45, 7) is 2.54. The third kappa shape index (κ3) is 3.83. The van der Waals surface area contributed by atoms with Gasteiger partial charge in [0.25, 0.3) is 5.91 Å². The van der Waals surface area contributed by atoms with Gasteiger partial charge >= 0.3 is 5.97 Å². The molecule has 0 saturated carbocycles. The topological polar surface area (TPSA) is 62.4 Å². The molecule has 1 aliphatic heterocycles. The zero-order valence-electron chi connectivity index (χ0n) is 16.4. The number of esters is 1. The third-order valence-corrected chi connectivity index (χ3v) is 5.29. The summed E-state index contributed by atoms with van der Waals surface area (Å²) in [4.78, 5) is 30.5. The first-order chi connectivity index (χ1) is 14.5. The second-order valence-corrected chi connectivity index (χ2v) is 7.54. The Morgan fingerprint density at radius 1 is 1.20 bits per heavy atom. The van der Waals surface area contributed by atoms with Crippen LogP contribution in [0.3, 0.4) is 0 Å². The number of hydrogen-bond acceptors (Lipinski definition) is 3. The van der Waals surface area contributed by atoms with Gasteiger partial charge in [0.15, 0.2) is 0 Å². The fourth-order valence-electron chi connectivity index (χ4n) is 3.58. The van der Waals surface area contributed by atoms with Crippen molar-refractivity contribution < 1.29 is 18.7 Å². The van der Waals surface area contributed by atoms with Gasteiger partial charge in [-0.05, 0) is 60.9 Å². The van der Waals surface area contributed by atoms with Crippen molar-refractivity contribution in [1.82, 2.24) is 9.88 Å². The average Bonchev–Trinajstić information content (AvgIpc) is 2.98. The molecule has 30 heavy (non-hydrogen) atoms. The summed E-state index contributed by atoms with van der Waals surface area (Å²) < 4.78 is 19.1. The van der Waals surface area contributed by atoms with Crippen LogP contribution in [0.25, 0.3) is 16.5 Å². The Balaban J connectivity index is 1.78. The number of halogens is 2. The molecule has 0 atom stereocenters. The zero-order chi connectivity index (χ0) is 21.3. The molecule has 0 unspecified atom stereocenters. The number of carbonyl (C=O) groups is 2. The van der Waals surface area contributed by atoms with Gasteiger partial charge in [-0.1, -0.05) is 18.5 Å². The van der Waals surface area contributed by atoms with E-state index in [0.717, 1.165) is 10.9 Å². The van der Waals surface area contributed by atoms with Crippen molar-refractivity contribution in [2.75, 3.05) is 13.2 Å². The lowest BCUT2D eigenvalue weighted by Crippen LogP contribution is -2.28. The van der Waals surface area contributed by atoms with E-state index >= 15 is 0 Å². The Morgan fingerprint density at radius 3 is 2.70 bits per heavy atom. The number of nitrogens with zero attached hydrogens (tertiary/aromatic N) is 1. The van der Waals surface area contributed by atoms with Crippen molar-refractivity contribution in [1.29, 1.82) is 0 Å². The molecule has 0 spiro atoms. The van der Waals surface area contributed by atoms with Crippen molar-refractivity contribution in [2.24, 2.45) is 0 Å². The minimum Gasteiger partial charge on any atom is -0.462 e. The maximum absolute atomic E-state index is 13.7. The molecule has 4 rings (SSSR count). The number of ether oxygens (including phenoxy) is 1. The van der Waals surface area contributed by atoms with Crippen molar-refractivity contribution in [3.05, 3.63) is 76.3 Å². The first-order valence-corrected chi connectivity index (χ1v) is 10.1. The van der Waals surface area contributed by atoms with Crippen molar-refractivity contribution in [3.63, 3.8) is 0 Å². The van der Waals surface area contributed by atoms with E-state index in [9.17, 15) is 14.0 Å². The van der Waals surface area contributed by atoms with E-state index in [0.29, 0.717) is 41.2 Å². The van der Waals surface area contributed by atoms with Gasteiger partial charge in [-0.25, -0.2) is 9.18 Å². The Kier molecular flexibility index (Phi) is 5.59. The maximum Gasteiger partial charge on any atom is 0.341 e. The number of nitrogens with one attached hydrogen (secondary N) is 1. The van der Waals surface area contributed by atoms with Gasteiger partial charge < -0.3 is 14.6 Å². The van der Waals surface area contributed by atoms with Crippen LogP contribution in [0, 0.1) is 5.82 Å². The number of amides is 1. The van der Waals surface area contributed by atoms with Gasteiger partial charge in [-0.3, -0.25) is 4.79 Å². The first kappa shape index (κ1) is 20.2. The van der Waals surface area contributed by atoms with Crippen LogP contribution < -0.4 is 0 Å². The number of rotatable bonds is 4. The molecule has 7 heteroatoms. The van der Waals surface area contributed by atoms with E-state index in [1.165, 1.54) is 23.2 Å². The Labute approximate surface area is 178 Å². The minimum atomic E-state index is -0.527. The fraction of sp³-hybridized carbons (Fsp3) is 0.217. The molecule has 0 saturated heterocycles. The van der Waals surface area contributed by atoms with Crippen LogP contribution in [0.2, 0.25) is 5.02 Å². The van der Waals surface area contributed by atoms with Crippen molar-refractivity contribution in [3.8, 4) is 0 Å². The van der Waals surface area contributed by atoms with E-state index in [1.807, 2.05) is 6.92 Å². The lowest BCUT2D eigenvalue weighted by atomic mass is 10.0. The van der Waals surface area contributed by atoms with Crippen LogP contribution in [0.1, 0.15) is 35.0 Å². The molecule has 0 fully saturated rings. The van der Waals surface area contributed by atoms with Gasteiger partial charge in [0.05, 0.1) is 17.9 Å². The summed E-state index contributed by atoms with van der Waals surface area (Å²) in [5, 5.41) is 1.36. The molecule has 2 aromatic carbocycles. The summed E-state index contributed by atoms with van der Waals surface area (Å²) in [7, 11) is 0. The zero-order valence-corrected chi connectivity index (χ0v) is 17.1. The first-order valence-electron chi connectivity index (χ1n) is 9.74. The fourth-order valence-corrected chi connectivity index (χ4v) is 3.71. The highest BCUT2D eigenvalue weighted by atomic mass is 35.5. The second kappa shape index (κ2) is 8.32.